The Hall–Kier alpha value is -0.500. The average Bonchev–Trinajstić information content (AvgIpc) is 2.87. The molecule has 2 rings (SSSR count). The van der Waals surface area contributed by atoms with Crippen LogP contribution < -0.4 is 5.32 Å². The van der Waals surface area contributed by atoms with E-state index in [0.29, 0.717) is 11.8 Å². The molecule has 1 N–H and O–H groups in total. The van der Waals surface area contributed by atoms with Crippen LogP contribution in [0.15, 0.2) is 16.2 Å². The Balaban J connectivity index is 2.12. The maximum Gasteiger partial charge on any atom is 0.104 e. The number of rotatable bonds is 2. The zero-order valence-corrected chi connectivity index (χ0v) is 8.80. The Kier molecular flexibility index (Phi) is 2.33. The molecule has 1 atom stereocenters. The SMILES string of the molecule is CC(C)C1N=C(C2CC2)NC=C1Cl. The van der Waals surface area contributed by atoms with Gasteiger partial charge in [-0.15, -0.1) is 0 Å². The number of aliphatic imine (C=N–C) groups is 1. The molecule has 1 aliphatic carbocycles. The van der Waals surface area contributed by atoms with E-state index < -0.39 is 0 Å². The first kappa shape index (κ1) is 9.07. The molecule has 1 fully saturated rings. The minimum atomic E-state index is 0.179. The van der Waals surface area contributed by atoms with Crippen LogP contribution in [0.4, 0.5) is 0 Å². The summed E-state index contributed by atoms with van der Waals surface area (Å²) in [6.45, 7) is 4.31. The van der Waals surface area contributed by atoms with Crippen molar-refractivity contribution in [3.8, 4) is 0 Å². The van der Waals surface area contributed by atoms with Gasteiger partial charge in [-0.05, 0) is 18.8 Å². The summed E-state index contributed by atoms with van der Waals surface area (Å²) in [5, 5.41) is 4.00. The van der Waals surface area contributed by atoms with Crippen LogP contribution in [-0.2, 0) is 0 Å². The zero-order chi connectivity index (χ0) is 9.42. The van der Waals surface area contributed by atoms with Crippen LogP contribution in [-0.4, -0.2) is 11.9 Å². The Labute approximate surface area is 84.1 Å². The van der Waals surface area contributed by atoms with E-state index in [4.69, 9.17) is 11.6 Å². The van der Waals surface area contributed by atoms with Crippen LogP contribution in [0, 0.1) is 11.8 Å². The summed E-state index contributed by atoms with van der Waals surface area (Å²) in [5.41, 5.74) is 0. The molecule has 1 aliphatic heterocycles. The van der Waals surface area contributed by atoms with Gasteiger partial charge in [0.25, 0.3) is 0 Å². The fourth-order valence-corrected chi connectivity index (χ4v) is 1.88. The zero-order valence-electron chi connectivity index (χ0n) is 8.05. The summed E-state index contributed by atoms with van der Waals surface area (Å²) in [6.07, 6.45) is 4.46. The first-order valence-corrected chi connectivity index (χ1v) is 5.26. The molecular weight excluding hydrogens is 184 g/mol. The molecule has 0 aromatic heterocycles. The molecule has 1 saturated carbocycles. The Bertz CT molecular complexity index is 264. The van der Waals surface area contributed by atoms with Crippen molar-refractivity contribution in [3.63, 3.8) is 0 Å². The normalized spacial score (nSPS) is 28.2. The maximum atomic E-state index is 6.06. The molecule has 2 aliphatic rings. The highest BCUT2D eigenvalue weighted by molar-refractivity contribution is 6.30. The van der Waals surface area contributed by atoms with E-state index in [1.807, 2.05) is 6.20 Å². The summed E-state index contributed by atoms with van der Waals surface area (Å²) >= 11 is 6.06. The van der Waals surface area contributed by atoms with Crippen molar-refractivity contribution in [1.82, 2.24) is 5.32 Å². The Morgan fingerprint density at radius 3 is 2.77 bits per heavy atom. The van der Waals surface area contributed by atoms with Gasteiger partial charge in [-0.25, -0.2) is 0 Å². The summed E-state index contributed by atoms with van der Waals surface area (Å²) in [5.74, 6) is 2.31. The second-order valence-electron chi connectivity index (χ2n) is 4.15. The van der Waals surface area contributed by atoms with Crippen LogP contribution in [0.25, 0.3) is 0 Å². The smallest absolute Gasteiger partial charge is 0.104 e. The quantitative estimate of drug-likeness (QED) is 0.725. The van der Waals surface area contributed by atoms with Crippen molar-refractivity contribution in [2.75, 3.05) is 0 Å². The van der Waals surface area contributed by atoms with Gasteiger partial charge in [0.15, 0.2) is 0 Å². The molecule has 2 nitrogen and oxygen atoms in total. The van der Waals surface area contributed by atoms with Crippen molar-refractivity contribution in [3.05, 3.63) is 11.2 Å². The lowest BCUT2D eigenvalue weighted by Gasteiger charge is -2.22. The minimum Gasteiger partial charge on any atom is -0.349 e. The number of hydrogen-bond acceptors (Lipinski definition) is 2. The molecule has 0 bridgehead atoms. The predicted molar refractivity (Wildman–Crippen MR) is 55.9 cm³/mol. The first-order valence-electron chi connectivity index (χ1n) is 4.88. The van der Waals surface area contributed by atoms with Gasteiger partial charge in [-0.1, -0.05) is 25.4 Å². The topological polar surface area (TPSA) is 24.4 Å². The van der Waals surface area contributed by atoms with Crippen molar-refractivity contribution in [2.45, 2.75) is 32.7 Å². The highest BCUT2D eigenvalue weighted by Crippen LogP contribution is 2.32. The highest BCUT2D eigenvalue weighted by atomic mass is 35.5. The molecule has 1 unspecified atom stereocenters. The van der Waals surface area contributed by atoms with Gasteiger partial charge in [0.1, 0.15) is 5.84 Å². The molecule has 0 aromatic carbocycles. The van der Waals surface area contributed by atoms with E-state index in [1.165, 1.54) is 12.8 Å². The van der Waals surface area contributed by atoms with E-state index in [2.05, 4.69) is 24.2 Å². The molecule has 1 heterocycles. The van der Waals surface area contributed by atoms with Crippen LogP contribution in [0.5, 0.6) is 0 Å². The van der Waals surface area contributed by atoms with E-state index in [9.17, 15) is 0 Å². The van der Waals surface area contributed by atoms with Crippen molar-refractivity contribution < 1.29 is 0 Å². The van der Waals surface area contributed by atoms with E-state index in [0.717, 1.165) is 10.9 Å². The molecule has 0 spiro atoms. The lowest BCUT2D eigenvalue weighted by Crippen LogP contribution is -2.30. The third kappa shape index (κ3) is 1.88. The monoisotopic (exact) mass is 198 g/mol. The maximum absolute atomic E-state index is 6.06. The third-order valence-electron chi connectivity index (χ3n) is 2.51. The lowest BCUT2D eigenvalue weighted by molar-refractivity contribution is 0.555. The molecule has 72 valence electrons. The fraction of sp³-hybridized carbons (Fsp3) is 0.700. The van der Waals surface area contributed by atoms with Gasteiger partial charge in [0, 0.05) is 12.1 Å². The molecule has 0 aromatic rings. The number of amidine groups is 1. The predicted octanol–water partition coefficient (Wildman–Crippen LogP) is 2.50. The second kappa shape index (κ2) is 3.33. The lowest BCUT2D eigenvalue weighted by atomic mass is 10.0. The minimum absolute atomic E-state index is 0.179. The van der Waals surface area contributed by atoms with E-state index in [-0.39, 0.29) is 6.04 Å². The molecule has 0 amide bonds. The van der Waals surface area contributed by atoms with Crippen LogP contribution in [0.1, 0.15) is 26.7 Å². The summed E-state index contributed by atoms with van der Waals surface area (Å²) in [7, 11) is 0. The Morgan fingerprint density at radius 1 is 1.54 bits per heavy atom. The number of halogens is 1. The van der Waals surface area contributed by atoms with Gasteiger partial charge in [-0.2, -0.15) is 0 Å². The standard InChI is InChI=1S/C10H15ClN2/c1-6(2)9-8(11)5-12-10(13-9)7-3-4-7/h5-7,9H,3-4H2,1-2H3,(H,12,13). The third-order valence-corrected chi connectivity index (χ3v) is 2.85. The van der Waals surface area contributed by atoms with Gasteiger partial charge in [0.05, 0.1) is 11.1 Å². The Morgan fingerprint density at radius 2 is 2.23 bits per heavy atom. The van der Waals surface area contributed by atoms with Crippen LogP contribution >= 0.6 is 11.6 Å². The van der Waals surface area contributed by atoms with E-state index >= 15 is 0 Å². The number of hydrogen-bond donors (Lipinski definition) is 1. The summed E-state index contributed by atoms with van der Waals surface area (Å²) in [6, 6.07) is 0.179. The fourth-order valence-electron chi connectivity index (χ4n) is 1.52. The molecule has 0 radical (unpaired) electrons. The summed E-state index contributed by atoms with van der Waals surface area (Å²) in [4.78, 5) is 4.63. The van der Waals surface area contributed by atoms with Gasteiger partial charge >= 0.3 is 0 Å². The first-order chi connectivity index (χ1) is 6.18. The number of nitrogens with zero attached hydrogens (tertiary/aromatic N) is 1. The van der Waals surface area contributed by atoms with Gasteiger partial charge in [-0.3, -0.25) is 4.99 Å². The molecule has 0 saturated heterocycles. The number of nitrogens with one attached hydrogen (secondary N) is 1. The molecule has 3 heteroatoms. The van der Waals surface area contributed by atoms with Crippen LogP contribution in [0.3, 0.4) is 0 Å². The van der Waals surface area contributed by atoms with Crippen molar-refractivity contribution in [2.24, 2.45) is 16.8 Å². The van der Waals surface area contributed by atoms with Gasteiger partial charge < -0.3 is 5.32 Å². The highest BCUT2D eigenvalue weighted by Gasteiger charge is 2.31. The van der Waals surface area contributed by atoms with Crippen LogP contribution in [0.2, 0.25) is 0 Å². The summed E-state index contributed by atoms with van der Waals surface area (Å²) < 4.78 is 0. The molecular formula is C10H15ClN2. The molecule has 13 heavy (non-hydrogen) atoms. The van der Waals surface area contributed by atoms with Gasteiger partial charge in [0.2, 0.25) is 0 Å². The van der Waals surface area contributed by atoms with Crippen molar-refractivity contribution >= 4 is 17.4 Å². The second-order valence-corrected chi connectivity index (χ2v) is 4.59. The van der Waals surface area contributed by atoms with Crippen molar-refractivity contribution in [1.29, 1.82) is 0 Å². The largest absolute Gasteiger partial charge is 0.349 e. The van der Waals surface area contributed by atoms with E-state index in [1.54, 1.807) is 0 Å². The average molecular weight is 199 g/mol.